The molecule has 0 radical (unpaired) electrons. The second-order valence-electron chi connectivity index (χ2n) is 7.94. The average molecular weight is 450 g/mol. The molecule has 0 aliphatic heterocycles. The van der Waals surface area contributed by atoms with Gasteiger partial charge in [0.1, 0.15) is 17.5 Å². The zero-order valence-corrected chi connectivity index (χ0v) is 19.7. The number of benzene rings is 1. The van der Waals surface area contributed by atoms with Gasteiger partial charge in [0.2, 0.25) is 0 Å². The van der Waals surface area contributed by atoms with Crippen molar-refractivity contribution in [2.24, 2.45) is 10.9 Å². The summed E-state index contributed by atoms with van der Waals surface area (Å²) in [6.45, 7) is 5.84. The summed E-state index contributed by atoms with van der Waals surface area (Å²) in [5.74, 6) is 1.68. The molecule has 0 aliphatic carbocycles. The molecule has 0 fully saturated rings. The van der Waals surface area contributed by atoms with Crippen LogP contribution in [0.25, 0.3) is 5.69 Å². The van der Waals surface area contributed by atoms with E-state index in [1.807, 2.05) is 31.2 Å². The van der Waals surface area contributed by atoms with Gasteiger partial charge in [0.05, 0.1) is 11.4 Å². The molecule has 4 N–H and O–H groups in total. The van der Waals surface area contributed by atoms with Crippen molar-refractivity contribution in [3.05, 3.63) is 63.5 Å². The van der Waals surface area contributed by atoms with Crippen LogP contribution in [0.1, 0.15) is 35.0 Å². The fourth-order valence-electron chi connectivity index (χ4n) is 3.46. The van der Waals surface area contributed by atoms with Gasteiger partial charge < -0.3 is 16.4 Å². The number of hydrogen-bond acceptors (Lipinski definition) is 5. The molecule has 0 saturated heterocycles. The van der Waals surface area contributed by atoms with E-state index in [9.17, 15) is 5.26 Å². The lowest BCUT2D eigenvalue weighted by Crippen LogP contribution is -2.40. The first-order valence-corrected chi connectivity index (χ1v) is 11.7. The average Bonchev–Trinajstić information content (AvgIpc) is 3.41. The third-order valence-electron chi connectivity index (χ3n) is 5.24. The van der Waals surface area contributed by atoms with Gasteiger partial charge in [0.25, 0.3) is 0 Å². The summed E-state index contributed by atoms with van der Waals surface area (Å²) in [5, 5.41) is 23.0. The van der Waals surface area contributed by atoms with Crippen molar-refractivity contribution in [1.82, 2.24) is 20.4 Å². The molecular weight excluding hydrogens is 418 g/mol. The van der Waals surface area contributed by atoms with Gasteiger partial charge in [-0.25, -0.2) is 4.68 Å². The molecule has 3 rings (SSSR count). The van der Waals surface area contributed by atoms with E-state index in [2.05, 4.69) is 51.2 Å². The van der Waals surface area contributed by atoms with E-state index in [4.69, 9.17) is 5.73 Å². The van der Waals surface area contributed by atoms with Crippen molar-refractivity contribution in [1.29, 1.82) is 5.26 Å². The van der Waals surface area contributed by atoms with Gasteiger partial charge in [-0.1, -0.05) is 30.7 Å². The fourth-order valence-corrected chi connectivity index (χ4v) is 4.33. The maximum Gasteiger partial charge on any atom is 0.190 e. The van der Waals surface area contributed by atoms with E-state index in [-0.39, 0.29) is 0 Å². The molecule has 0 spiro atoms. The summed E-state index contributed by atoms with van der Waals surface area (Å²) in [6, 6.07) is 14.4. The molecular formula is C24H31N7S. The molecule has 0 saturated carbocycles. The predicted octanol–water partition coefficient (Wildman–Crippen LogP) is 3.67. The van der Waals surface area contributed by atoms with Gasteiger partial charge in [0, 0.05) is 25.0 Å². The van der Waals surface area contributed by atoms with Crippen LogP contribution in [0.15, 0.2) is 46.8 Å². The highest BCUT2D eigenvalue weighted by Crippen LogP contribution is 2.21. The number of nitrogens with two attached hydrogens (primary N) is 1. The molecule has 0 aliphatic rings. The topological polar surface area (TPSA) is 104 Å². The normalized spacial score (nSPS) is 12.4. The number of hydrogen-bond donors (Lipinski definition) is 3. The number of anilines is 1. The summed E-state index contributed by atoms with van der Waals surface area (Å²) in [5.41, 5.74) is 9.40. The van der Waals surface area contributed by atoms with Crippen LogP contribution in [0, 0.1) is 24.2 Å². The van der Waals surface area contributed by atoms with Crippen molar-refractivity contribution in [3.63, 3.8) is 0 Å². The second kappa shape index (κ2) is 11.3. The molecule has 3 aromatic rings. The van der Waals surface area contributed by atoms with Crippen LogP contribution in [0.2, 0.25) is 0 Å². The van der Waals surface area contributed by atoms with Gasteiger partial charge in [-0.05, 0) is 55.7 Å². The molecule has 0 amide bonds. The molecule has 2 aromatic heterocycles. The minimum absolute atomic E-state index is 0.386. The third kappa shape index (κ3) is 6.11. The maximum absolute atomic E-state index is 9.57. The number of guanidine groups is 1. The lowest BCUT2D eigenvalue weighted by molar-refractivity contribution is 0.561. The van der Waals surface area contributed by atoms with Crippen molar-refractivity contribution in [2.75, 3.05) is 25.9 Å². The summed E-state index contributed by atoms with van der Waals surface area (Å²) in [7, 11) is 1.77. The quantitative estimate of drug-likeness (QED) is 0.263. The van der Waals surface area contributed by atoms with Gasteiger partial charge in [0.15, 0.2) is 5.96 Å². The number of aromatic nitrogens is 2. The molecule has 1 unspecified atom stereocenters. The van der Waals surface area contributed by atoms with Crippen LogP contribution in [-0.4, -0.2) is 35.9 Å². The van der Waals surface area contributed by atoms with E-state index in [1.165, 1.54) is 4.88 Å². The first-order valence-electron chi connectivity index (χ1n) is 10.8. The molecule has 8 heteroatoms. The third-order valence-corrected chi connectivity index (χ3v) is 6.14. The van der Waals surface area contributed by atoms with Crippen LogP contribution >= 0.6 is 11.3 Å². The van der Waals surface area contributed by atoms with Gasteiger partial charge in [-0.2, -0.15) is 10.4 Å². The molecule has 0 bridgehead atoms. The fraction of sp³-hybridized carbons (Fsp3) is 0.375. The zero-order chi connectivity index (χ0) is 22.9. The van der Waals surface area contributed by atoms with Crippen LogP contribution in [0.3, 0.4) is 0 Å². The Kier molecular flexibility index (Phi) is 8.28. The van der Waals surface area contributed by atoms with E-state index in [0.29, 0.717) is 23.7 Å². The van der Waals surface area contributed by atoms with Crippen LogP contribution in [0.4, 0.5) is 5.82 Å². The minimum Gasteiger partial charge on any atom is -0.382 e. The second-order valence-corrected chi connectivity index (χ2v) is 8.97. The molecule has 168 valence electrons. The summed E-state index contributed by atoms with van der Waals surface area (Å²) >= 11 is 1.80. The summed E-state index contributed by atoms with van der Waals surface area (Å²) in [6.07, 6.45) is 2.53. The summed E-state index contributed by atoms with van der Waals surface area (Å²) < 4.78 is 1.65. The Morgan fingerprint density at radius 1 is 1.28 bits per heavy atom. The maximum atomic E-state index is 9.57. The van der Waals surface area contributed by atoms with E-state index in [1.54, 1.807) is 23.1 Å². The number of aliphatic imine (C=N–C) groups is 1. The summed E-state index contributed by atoms with van der Waals surface area (Å²) in [4.78, 5) is 5.71. The lowest BCUT2D eigenvalue weighted by Gasteiger charge is -2.15. The standard InChI is InChI=1S/C24H31N7S/c1-17-8-10-19(11-9-17)31-23(26)21(15-25)22(30-31)7-4-12-28-24(27-3)29-16-18(2)14-20-6-5-13-32-20/h5-6,8-11,13,18H,4,7,12,14,16,26H2,1-3H3,(H2,27,28,29). The Morgan fingerprint density at radius 2 is 2.06 bits per heavy atom. The largest absolute Gasteiger partial charge is 0.382 e. The molecule has 1 atom stereocenters. The number of thiophene rings is 1. The Balaban J connectivity index is 1.49. The van der Waals surface area contributed by atoms with E-state index >= 15 is 0 Å². The Morgan fingerprint density at radius 3 is 2.72 bits per heavy atom. The monoisotopic (exact) mass is 449 g/mol. The van der Waals surface area contributed by atoms with Gasteiger partial charge in [-0.3, -0.25) is 4.99 Å². The predicted molar refractivity (Wildman–Crippen MR) is 132 cm³/mol. The SMILES string of the molecule is CN=C(NCCCc1nn(-c2ccc(C)cc2)c(N)c1C#N)NCC(C)Cc1cccs1. The number of nitrogen functional groups attached to an aromatic ring is 1. The highest BCUT2D eigenvalue weighted by atomic mass is 32.1. The van der Waals surface area contributed by atoms with Crippen molar-refractivity contribution in [2.45, 2.75) is 33.1 Å². The molecule has 2 heterocycles. The van der Waals surface area contributed by atoms with Crippen molar-refractivity contribution in [3.8, 4) is 11.8 Å². The number of rotatable bonds is 9. The number of nitrogens with one attached hydrogen (secondary N) is 2. The number of aryl methyl sites for hydroxylation is 2. The van der Waals surface area contributed by atoms with Crippen LogP contribution in [0.5, 0.6) is 0 Å². The Hall–Kier alpha value is -3.31. The highest BCUT2D eigenvalue weighted by molar-refractivity contribution is 7.09. The van der Waals surface area contributed by atoms with Crippen LogP contribution < -0.4 is 16.4 Å². The van der Waals surface area contributed by atoms with Crippen LogP contribution in [-0.2, 0) is 12.8 Å². The van der Waals surface area contributed by atoms with Gasteiger partial charge in [-0.15, -0.1) is 11.3 Å². The molecule has 1 aromatic carbocycles. The first-order chi connectivity index (χ1) is 15.5. The minimum atomic E-state index is 0.386. The van der Waals surface area contributed by atoms with Gasteiger partial charge >= 0.3 is 0 Å². The van der Waals surface area contributed by atoms with E-state index < -0.39 is 0 Å². The molecule has 7 nitrogen and oxygen atoms in total. The number of nitriles is 1. The smallest absolute Gasteiger partial charge is 0.190 e. The van der Waals surface area contributed by atoms with E-state index in [0.717, 1.165) is 48.8 Å². The highest BCUT2D eigenvalue weighted by Gasteiger charge is 2.16. The Labute approximate surface area is 194 Å². The van der Waals surface area contributed by atoms with Crippen molar-refractivity contribution < 1.29 is 0 Å². The zero-order valence-electron chi connectivity index (χ0n) is 18.9. The number of nitrogens with zero attached hydrogens (tertiary/aromatic N) is 4. The first kappa shape index (κ1) is 23.4. The Bertz CT molecular complexity index is 1060. The lowest BCUT2D eigenvalue weighted by atomic mass is 10.1. The van der Waals surface area contributed by atoms with Crippen molar-refractivity contribution >= 4 is 23.1 Å². The molecule has 32 heavy (non-hydrogen) atoms.